The monoisotopic (exact) mass is 239 g/mol. The number of aliphatic hydroxyl groups excluding tert-OH is 1. The summed E-state index contributed by atoms with van der Waals surface area (Å²) in [6.07, 6.45) is 0.482. The van der Waals surface area contributed by atoms with Crippen LogP contribution in [0.5, 0.6) is 17.2 Å². The molecule has 5 nitrogen and oxygen atoms in total. The standard InChI is InChI=1S/C12H17NO4/c1-15-10-7-12-11(16-4-5-17-12)6-8(10)9(13)2-3-14/h6-7,9,14H,2-5,13H2,1H3. The Morgan fingerprint density at radius 2 is 2.00 bits per heavy atom. The molecule has 1 aromatic carbocycles. The molecule has 17 heavy (non-hydrogen) atoms. The number of hydrogen-bond acceptors (Lipinski definition) is 5. The van der Waals surface area contributed by atoms with E-state index in [0.29, 0.717) is 36.9 Å². The second kappa shape index (κ2) is 5.25. The smallest absolute Gasteiger partial charge is 0.165 e. The van der Waals surface area contributed by atoms with Crippen LogP contribution in [0.15, 0.2) is 12.1 Å². The van der Waals surface area contributed by atoms with Crippen LogP contribution in [0.2, 0.25) is 0 Å². The first-order valence-corrected chi connectivity index (χ1v) is 5.60. The van der Waals surface area contributed by atoms with Gasteiger partial charge in [-0.3, -0.25) is 0 Å². The maximum atomic E-state index is 8.92. The van der Waals surface area contributed by atoms with E-state index in [4.69, 9.17) is 25.1 Å². The zero-order valence-corrected chi connectivity index (χ0v) is 9.81. The van der Waals surface area contributed by atoms with Gasteiger partial charge in [-0.05, 0) is 12.5 Å². The average Bonchev–Trinajstić information content (AvgIpc) is 2.37. The zero-order chi connectivity index (χ0) is 12.3. The van der Waals surface area contributed by atoms with E-state index in [9.17, 15) is 0 Å². The summed E-state index contributed by atoms with van der Waals surface area (Å²) in [5, 5.41) is 8.92. The van der Waals surface area contributed by atoms with Crippen molar-refractivity contribution >= 4 is 0 Å². The lowest BCUT2D eigenvalue weighted by Gasteiger charge is -2.22. The van der Waals surface area contributed by atoms with Gasteiger partial charge in [0.25, 0.3) is 0 Å². The lowest BCUT2D eigenvalue weighted by Crippen LogP contribution is -2.18. The minimum atomic E-state index is -0.272. The fraction of sp³-hybridized carbons (Fsp3) is 0.500. The first kappa shape index (κ1) is 12.0. The maximum Gasteiger partial charge on any atom is 0.165 e. The molecule has 1 aliphatic heterocycles. The van der Waals surface area contributed by atoms with Crippen LogP contribution in [-0.2, 0) is 0 Å². The number of ether oxygens (including phenoxy) is 3. The van der Waals surface area contributed by atoms with Crippen molar-refractivity contribution in [2.24, 2.45) is 5.73 Å². The molecule has 3 N–H and O–H groups in total. The van der Waals surface area contributed by atoms with Gasteiger partial charge >= 0.3 is 0 Å². The van der Waals surface area contributed by atoms with E-state index in [1.54, 1.807) is 13.2 Å². The van der Waals surface area contributed by atoms with Gasteiger partial charge in [-0.15, -0.1) is 0 Å². The third-order valence-corrected chi connectivity index (χ3v) is 2.73. The molecular formula is C12H17NO4. The van der Waals surface area contributed by atoms with E-state index in [2.05, 4.69) is 0 Å². The predicted octanol–water partition coefficient (Wildman–Crippen LogP) is 0.849. The van der Waals surface area contributed by atoms with Gasteiger partial charge in [0.1, 0.15) is 19.0 Å². The topological polar surface area (TPSA) is 73.9 Å². The Morgan fingerprint density at radius 1 is 1.35 bits per heavy atom. The third-order valence-electron chi connectivity index (χ3n) is 2.73. The molecule has 5 heteroatoms. The Bertz CT molecular complexity index is 394. The number of fused-ring (bicyclic) bond motifs is 1. The molecule has 1 aliphatic rings. The van der Waals surface area contributed by atoms with Crippen molar-refractivity contribution in [3.8, 4) is 17.2 Å². The highest BCUT2D eigenvalue weighted by Gasteiger charge is 2.19. The van der Waals surface area contributed by atoms with E-state index in [1.807, 2.05) is 6.07 Å². The van der Waals surface area contributed by atoms with Crippen LogP contribution in [0.4, 0.5) is 0 Å². The lowest BCUT2D eigenvalue weighted by atomic mass is 10.0. The molecule has 0 aliphatic carbocycles. The largest absolute Gasteiger partial charge is 0.496 e. The van der Waals surface area contributed by atoms with Crippen molar-refractivity contribution in [2.75, 3.05) is 26.9 Å². The Morgan fingerprint density at radius 3 is 2.59 bits per heavy atom. The minimum Gasteiger partial charge on any atom is -0.496 e. The molecule has 94 valence electrons. The fourth-order valence-corrected chi connectivity index (χ4v) is 1.85. The molecule has 0 amide bonds. The zero-order valence-electron chi connectivity index (χ0n) is 9.81. The third kappa shape index (κ3) is 2.45. The Labute approximate surface area is 100 Å². The van der Waals surface area contributed by atoms with Crippen LogP contribution in [0.3, 0.4) is 0 Å². The van der Waals surface area contributed by atoms with E-state index in [0.717, 1.165) is 5.56 Å². The summed E-state index contributed by atoms with van der Waals surface area (Å²) in [7, 11) is 1.58. The van der Waals surface area contributed by atoms with Gasteiger partial charge in [-0.2, -0.15) is 0 Å². The second-order valence-corrected chi connectivity index (χ2v) is 3.86. The summed E-state index contributed by atoms with van der Waals surface area (Å²) in [4.78, 5) is 0. The van der Waals surface area contributed by atoms with Crippen molar-refractivity contribution in [1.82, 2.24) is 0 Å². The van der Waals surface area contributed by atoms with Crippen LogP contribution in [-0.4, -0.2) is 32.0 Å². The Balaban J connectivity index is 2.36. The molecule has 1 unspecified atom stereocenters. The van der Waals surface area contributed by atoms with Gasteiger partial charge in [-0.25, -0.2) is 0 Å². The molecule has 1 heterocycles. The summed E-state index contributed by atoms with van der Waals surface area (Å²) in [5.74, 6) is 2.02. The van der Waals surface area contributed by atoms with Gasteiger partial charge in [-0.1, -0.05) is 0 Å². The van der Waals surface area contributed by atoms with Gasteiger partial charge in [0, 0.05) is 24.3 Å². The Hall–Kier alpha value is -1.46. The number of nitrogens with two attached hydrogens (primary N) is 1. The van der Waals surface area contributed by atoms with Crippen LogP contribution in [0.1, 0.15) is 18.0 Å². The summed E-state index contributed by atoms with van der Waals surface area (Å²) < 4.78 is 16.2. The van der Waals surface area contributed by atoms with E-state index in [1.165, 1.54) is 0 Å². The highest BCUT2D eigenvalue weighted by molar-refractivity contribution is 5.52. The molecule has 0 fully saturated rings. The highest BCUT2D eigenvalue weighted by Crippen LogP contribution is 2.39. The minimum absolute atomic E-state index is 0.0404. The Kier molecular flexibility index (Phi) is 3.71. The molecule has 1 atom stereocenters. The van der Waals surface area contributed by atoms with Crippen molar-refractivity contribution in [3.05, 3.63) is 17.7 Å². The van der Waals surface area contributed by atoms with E-state index in [-0.39, 0.29) is 12.6 Å². The van der Waals surface area contributed by atoms with E-state index >= 15 is 0 Å². The van der Waals surface area contributed by atoms with Gasteiger partial charge in [0.2, 0.25) is 0 Å². The molecular weight excluding hydrogens is 222 g/mol. The maximum absolute atomic E-state index is 8.92. The van der Waals surface area contributed by atoms with Crippen LogP contribution in [0, 0.1) is 0 Å². The van der Waals surface area contributed by atoms with Crippen molar-refractivity contribution < 1.29 is 19.3 Å². The van der Waals surface area contributed by atoms with Crippen molar-refractivity contribution in [3.63, 3.8) is 0 Å². The quantitative estimate of drug-likeness (QED) is 0.814. The average molecular weight is 239 g/mol. The number of aliphatic hydroxyl groups is 1. The summed E-state index contributed by atoms with van der Waals surface area (Å²) in [5.41, 5.74) is 6.80. The van der Waals surface area contributed by atoms with Crippen LogP contribution in [0.25, 0.3) is 0 Å². The second-order valence-electron chi connectivity index (χ2n) is 3.86. The van der Waals surface area contributed by atoms with Crippen LogP contribution < -0.4 is 19.9 Å². The molecule has 0 saturated carbocycles. The number of rotatable bonds is 4. The highest BCUT2D eigenvalue weighted by atomic mass is 16.6. The normalized spacial score (nSPS) is 15.5. The van der Waals surface area contributed by atoms with Gasteiger partial charge in [0.05, 0.1) is 7.11 Å². The first-order chi connectivity index (χ1) is 8.26. The SMILES string of the molecule is COc1cc2c(cc1C(N)CCO)OCCO2. The van der Waals surface area contributed by atoms with Crippen LogP contribution >= 0.6 is 0 Å². The summed E-state index contributed by atoms with van der Waals surface area (Å²) in [6.45, 7) is 1.12. The summed E-state index contributed by atoms with van der Waals surface area (Å²) >= 11 is 0. The molecule has 0 radical (unpaired) electrons. The fourth-order valence-electron chi connectivity index (χ4n) is 1.85. The predicted molar refractivity (Wildman–Crippen MR) is 62.6 cm³/mol. The number of benzene rings is 1. The molecule has 0 bridgehead atoms. The number of hydrogen-bond donors (Lipinski definition) is 2. The number of methoxy groups -OCH3 is 1. The van der Waals surface area contributed by atoms with Crippen molar-refractivity contribution in [1.29, 1.82) is 0 Å². The molecule has 0 saturated heterocycles. The molecule has 0 aromatic heterocycles. The summed E-state index contributed by atoms with van der Waals surface area (Å²) in [6, 6.07) is 3.33. The van der Waals surface area contributed by atoms with Crippen molar-refractivity contribution in [2.45, 2.75) is 12.5 Å². The lowest BCUT2D eigenvalue weighted by molar-refractivity contribution is 0.170. The van der Waals surface area contributed by atoms with E-state index < -0.39 is 0 Å². The molecule has 2 rings (SSSR count). The van der Waals surface area contributed by atoms with Gasteiger partial charge in [0.15, 0.2) is 11.5 Å². The molecule has 0 spiro atoms. The van der Waals surface area contributed by atoms with Gasteiger partial charge < -0.3 is 25.1 Å². The molecule has 1 aromatic rings. The first-order valence-electron chi connectivity index (χ1n) is 5.60.